The minimum absolute atomic E-state index is 0.00634. The quantitative estimate of drug-likeness (QED) is 0.738. The van der Waals surface area contributed by atoms with Crippen LogP contribution in [0.5, 0.6) is 0 Å². The van der Waals surface area contributed by atoms with Crippen LogP contribution in [0.2, 0.25) is 0 Å². The van der Waals surface area contributed by atoms with E-state index in [2.05, 4.69) is 20.5 Å². The van der Waals surface area contributed by atoms with Crippen molar-refractivity contribution in [3.8, 4) is 0 Å². The Balaban J connectivity index is 1.41. The molecule has 2 heterocycles. The lowest BCUT2D eigenvalue weighted by Crippen LogP contribution is -2.56. The minimum Gasteiger partial charge on any atom is -0.394 e. The van der Waals surface area contributed by atoms with E-state index in [-0.39, 0.29) is 18.7 Å². The topological polar surface area (TPSA) is 77.5 Å². The second kappa shape index (κ2) is 7.49. The Morgan fingerprint density at radius 3 is 2.67 bits per heavy atom. The molecule has 1 atom stereocenters. The Labute approximate surface area is 143 Å². The third-order valence-electron chi connectivity index (χ3n) is 5.24. The van der Waals surface area contributed by atoms with E-state index >= 15 is 0 Å². The standard InChI is InChI=1S/C18H28N4O2/c1-18(13-23,14-5-6-14)21-17(24)20-15-7-10-22(11-8-15)12-16-4-2-3-9-19-16/h2-4,9,14-15,23H,5-8,10-13H2,1H3,(H2,20,21,24). The molecule has 1 aliphatic heterocycles. The molecule has 2 amide bonds. The van der Waals surface area contributed by atoms with Crippen LogP contribution < -0.4 is 10.6 Å². The molecule has 0 spiro atoms. The van der Waals surface area contributed by atoms with Gasteiger partial charge in [0.05, 0.1) is 17.8 Å². The van der Waals surface area contributed by atoms with Crippen LogP contribution in [-0.4, -0.2) is 52.3 Å². The van der Waals surface area contributed by atoms with E-state index < -0.39 is 5.54 Å². The first kappa shape index (κ1) is 17.2. The predicted octanol–water partition coefficient (Wildman–Crippen LogP) is 1.51. The molecule has 1 unspecified atom stereocenters. The van der Waals surface area contributed by atoms with Gasteiger partial charge in [0.2, 0.25) is 0 Å². The fourth-order valence-corrected chi connectivity index (χ4v) is 3.43. The fourth-order valence-electron chi connectivity index (χ4n) is 3.43. The number of aliphatic hydroxyl groups excluding tert-OH is 1. The van der Waals surface area contributed by atoms with Crippen molar-refractivity contribution in [3.63, 3.8) is 0 Å². The molecule has 2 fully saturated rings. The number of likely N-dealkylation sites (tertiary alicyclic amines) is 1. The largest absolute Gasteiger partial charge is 0.394 e. The van der Waals surface area contributed by atoms with Crippen molar-refractivity contribution in [2.24, 2.45) is 5.92 Å². The summed E-state index contributed by atoms with van der Waals surface area (Å²) in [5.41, 5.74) is 0.605. The fraction of sp³-hybridized carbons (Fsp3) is 0.667. The number of aliphatic hydroxyl groups is 1. The highest BCUT2D eigenvalue weighted by molar-refractivity contribution is 5.75. The summed E-state index contributed by atoms with van der Waals surface area (Å²) in [7, 11) is 0. The van der Waals surface area contributed by atoms with Crippen molar-refractivity contribution in [2.45, 2.75) is 50.7 Å². The second-order valence-electron chi connectivity index (χ2n) is 7.32. The van der Waals surface area contributed by atoms with Crippen LogP contribution in [0.4, 0.5) is 4.79 Å². The first-order valence-electron chi connectivity index (χ1n) is 8.91. The van der Waals surface area contributed by atoms with Crippen LogP contribution in [0.3, 0.4) is 0 Å². The molecule has 0 aromatic carbocycles. The molecule has 1 saturated carbocycles. The molecule has 1 aromatic rings. The Hall–Kier alpha value is -1.66. The minimum atomic E-state index is -0.482. The molecule has 1 aromatic heterocycles. The third-order valence-corrected chi connectivity index (χ3v) is 5.24. The van der Waals surface area contributed by atoms with Crippen LogP contribution in [0.25, 0.3) is 0 Å². The van der Waals surface area contributed by atoms with Crippen LogP contribution in [0.15, 0.2) is 24.4 Å². The number of piperidine rings is 1. The van der Waals surface area contributed by atoms with Gasteiger partial charge >= 0.3 is 6.03 Å². The molecule has 6 nitrogen and oxygen atoms in total. The molecular weight excluding hydrogens is 304 g/mol. The Morgan fingerprint density at radius 2 is 2.08 bits per heavy atom. The molecule has 0 bridgehead atoms. The lowest BCUT2D eigenvalue weighted by atomic mass is 9.97. The van der Waals surface area contributed by atoms with Crippen molar-refractivity contribution in [1.82, 2.24) is 20.5 Å². The van der Waals surface area contributed by atoms with Gasteiger partial charge in [0, 0.05) is 31.9 Å². The van der Waals surface area contributed by atoms with Gasteiger partial charge in [-0.2, -0.15) is 0 Å². The maximum atomic E-state index is 12.2. The molecule has 1 saturated heterocycles. The number of carbonyl (C=O) groups is 1. The maximum Gasteiger partial charge on any atom is 0.315 e. The highest BCUT2D eigenvalue weighted by Gasteiger charge is 2.42. The summed E-state index contributed by atoms with van der Waals surface area (Å²) in [5, 5.41) is 15.6. The SMILES string of the molecule is CC(CO)(NC(=O)NC1CCN(Cc2ccccn2)CC1)C1CC1. The molecule has 24 heavy (non-hydrogen) atoms. The Kier molecular flexibility index (Phi) is 5.36. The van der Waals surface area contributed by atoms with Gasteiger partial charge in [0.15, 0.2) is 0 Å². The summed E-state index contributed by atoms with van der Waals surface area (Å²) >= 11 is 0. The van der Waals surface area contributed by atoms with E-state index in [1.165, 1.54) is 0 Å². The van der Waals surface area contributed by atoms with Gasteiger partial charge in [-0.1, -0.05) is 6.07 Å². The van der Waals surface area contributed by atoms with E-state index in [1.807, 2.05) is 31.3 Å². The van der Waals surface area contributed by atoms with Crippen molar-refractivity contribution < 1.29 is 9.90 Å². The summed E-state index contributed by atoms with van der Waals surface area (Å²) in [6, 6.07) is 6.04. The molecule has 3 N–H and O–H groups in total. The number of aromatic nitrogens is 1. The number of rotatable bonds is 6. The summed E-state index contributed by atoms with van der Waals surface area (Å²) in [6.07, 6.45) is 5.89. The van der Waals surface area contributed by atoms with Crippen LogP contribution >= 0.6 is 0 Å². The van der Waals surface area contributed by atoms with Crippen molar-refractivity contribution >= 4 is 6.03 Å². The average molecular weight is 332 g/mol. The van der Waals surface area contributed by atoms with Gasteiger partial charge in [0.1, 0.15) is 0 Å². The average Bonchev–Trinajstić information content (AvgIpc) is 3.43. The summed E-state index contributed by atoms with van der Waals surface area (Å²) in [6.45, 7) is 4.71. The number of hydrogen-bond donors (Lipinski definition) is 3. The van der Waals surface area contributed by atoms with Crippen LogP contribution in [0.1, 0.15) is 38.3 Å². The number of nitrogens with zero attached hydrogens (tertiary/aromatic N) is 2. The zero-order valence-corrected chi connectivity index (χ0v) is 14.4. The monoisotopic (exact) mass is 332 g/mol. The normalized spacial score (nSPS) is 21.9. The lowest BCUT2D eigenvalue weighted by Gasteiger charge is -2.34. The zero-order valence-electron chi connectivity index (χ0n) is 14.4. The van der Waals surface area contributed by atoms with E-state index in [0.29, 0.717) is 5.92 Å². The van der Waals surface area contributed by atoms with E-state index in [1.54, 1.807) is 0 Å². The summed E-state index contributed by atoms with van der Waals surface area (Å²) in [4.78, 5) is 19.0. The second-order valence-corrected chi connectivity index (χ2v) is 7.32. The number of urea groups is 1. The van der Waals surface area contributed by atoms with Crippen molar-refractivity contribution in [1.29, 1.82) is 0 Å². The maximum absolute atomic E-state index is 12.2. The summed E-state index contributed by atoms with van der Waals surface area (Å²) < 4.78 is 0. The molecule has 2 aliphatic rings. The van der Waals surface area contributed by atoms with E-state index in [9.17, 15) is 9.90 Å². The van der Waals surface area contributed by atoms with E-state index in [4.69, 9.17) is 0 Å². The number of amides is 2. The lowest BCUT2D eigenvalue weighted by molar-refractivity contribution is 0.149. The van der Waals surface area contributed by atoms with Crippen molar-refractivity contribution in [3.05, 3.63) is 30.1 Å². The smallest absolute Gasteiger partial charge is 0.315 e. The Morgan fingerprint density at radius 1 is 1.33 bits per heavy atom. The molecular formula is C18H28N4O2. The summed E-state index contributed by atoms with van der Waals surface area (Å²) in [5.74, 6) is 0.411. The molecule has 3 rings (SSSR count). The van der Waals surface area contributed by atoms with E-state index in [0.717, 1.165) is 51.0 Å². The first-order valence-corrected chi connectivity index (χ1v) is 8.91. The number of carbonyl (C=O) groups excluding carboxylic acids is 1. The molecule has 0 radical (unpaired) electrons. The molecule has 6 heteroatoms. The van der Waals surface area contributed by atoms with Crippen molar-refractivity contribution in [2.75, 3.05) is 19.7 Å². The number of hydrogen-bond acceptors (Lipinski definition) is 4. The van der Waals surface area contributed by atoms with Crippen LogP contribution in [-0.2, 0) is 6.54 Å². The first-order chi connectivity index (χ1) is 11.6. The molecule has 132 valence electrons. The zero-order chi connectivity index (χ0) is 17.0. The van der Waals surface area contributed by atoms with Gasteiger partial charge in [-0.25, -0.2) is 4.79 Å². The number of nitrogens with one attached hydrogen (secondary N) is 2. The van der Waals surface area contributed by atoms with Gasteiger partial charge in [0.25, 0.3) is 0 Å². The number of pyridine rings is 1. The van der Waals surface area contributed by atoms with Gasteiger partial charge < -0.3 is 15.7 Å². The molecule has 1 aliphatic carbocycles. The highest BCUT2D eigenvalue weighted by atomic mass is 16.3. The Bertz CT molecular complexity index is 541. The van der Waals surface area contributed by atoms with Gasteiger partial charge in [-0.15, -0.1) is 0 Å². The third kappa shape index (κ3) is 4.45. The van der Waals surface area contributed by atoms with Crippen LogP contribution in [0, 0.1) is 5.92 Å². The van der Waals surface area contributed by atoms with Gasteiger partial charge in [-0.3, -0.25) is 9.88 Å². The van der Waals surface area contributed by atoms with Gasteiger partial charge in [-0.05, 0) is 50.7 Å². The highest BCUT2D eigenvalue weighted by Crippen LogP contribution is 2.39. The predicted molar refractivity (Wildman–Crippen MR) is 92.4 cm³/mol.